The molecule has 4 nitrogen and oxygen atoms in total. The molecule has 0 amide bonds. The minimum atomic E-state index is -0.279. The van der Waals surface area contributed by atoms with Gasteiger partial charge in [-0.2, -0.15) is 0 Å². The highest BCUT2D eigenvalue weighted by molar-refractivity contribution is 5.79. The predicted octanol–water partition coefficient (Wildman–Crippen LogP) is 2.81. The Morgan fingerprint density at radius 2 is 1.78 bits per heavy atom. The molecule has 0 fully saturated rings. The van der Waals surface area contributed by atoms with Gasteiger partial charge in [0.15, 0.2) is 0 Å². The van der Waals surface area contributed by atoms with Gasteiger partial charge in [-0.1, -0.05) is 18.8 Å². The molecule has 0 atom stereocenters. The Labute approximate surface area is 157 Å². The van der Waals surface area contributed by atoms with Crippen LogP contribution in [0, 0.1) is 17.7 Å². The van der Waals surface area contributed by atoms with E-state index in [1.54, 1.807) is 18.2 Å². The van der Waals surface area contributed by atoms with Gasteiger partial charge in [-0.15, -0.1) is 0 Å². The minimum absolute atomic E-state index is 0.0194. The number of hydrogen-bond donors (Lipinski definition) is 0. The average Bonchev–Trinajstić information content (AvgIpc) is 2.90. The van der Waals surface area contributed by atoms with Crippen molar-refractivity contribution in [1.29, 1.82) is 0 Å². The van der Waals surface area contributed by atoms with E-state index in [4.69, 9.17) is 4.98 Å². The van der Waals surface area contributed by atoms with Crippen LogP contribution in [0.2, 0.25) is 0 Å². The fourth-order valence-corrected chi connectivity index (χ4v) is 3.37. The van der Waals surface area contributed by atoms with Gasteiger partial charge in [0.05, 0.1) is 10.9 Å². The number of likely N-dealkylation sites (N-methyl/N-ethyl adjacent to an activating group) is 1. The van der Waals surface area contributed by atoms with Crippen molar-refractivity contribution in [3.05, 3.63) is 75.6 Å². The Kier molecular flexibility index (Phi) is 4.74. The summed E-state index contributed by atoms with van der Waals surface area (Å²) in [7, 11) is 0. The van der Waals surface area contributed by atoms with Crippen LogP contribution in [-0.4, -0.2) is 34.1 Å². The first-order chi connectivity index (χ1) is 13.1. The number of benzene rings is 2. The van der Waals surface area contributed by atoms with E-state index in [2.05, 4.69) is 23.7 Å². The lowest BCUT2D eigenvalue weighted by Crippen LogP contribution is -2.28. The van der Waals surface area contributed by atoms with E-state index in [9.17, 15) is 9.18 Å². The van der Waals surface area contributed by atoms with Crippen LogP contribution in [0.4, 0.5) is 4.39 Å². The molecule has 27 heavy (non-hydrogen) atoms. The molecule has 0 saturated heterocycles. The van der Waals surface area contributed by atoms with E-state index in [0.29, 0.717) is 17.4 Å². The highest BCUT2D eigenvalue weighted by Gasteiger charge is 2.16. The van der Waals surface area contributed by atoms with Crippen LogP contribution < -0.4 is 5.56 Å². The maximum absolute atomic E-state index is 13.0. The summed E-state index contributed by atoms with van der Waals surface area (Å²) in [6.45, 7) is 5.58. The van der Waals surface area contributed by atoms with Crippen LogP contribution >= 0.6 is 0 Å². The molecule has 0 unspecified atom stereocenters. The molecule has 136 valence electrons. The smallest absolute Gasteiger partial charge is 0.261 e. The largest absolute Gasteiger partial charge is 0.301 e. The summed E-state index contributed by atoms with van der Waals surface area (Å²) < 4.78 is 14.8. The fourth-order valence-electron chi connectivity index (χ4n) is 3.37. The van der Waals surface area contributed by atoms with Gasteiger partial charge in [-0.25, -0.2) is 9.37 Å². The number of fused-ring (bicyclic) bond motifs is 2. The second-order valence-corrected chi connectivity index (χ2v) is 6.66. The molecule has 3 aromatic rings. The van der Waals surface area contributed by atoms with Crippen LogP contribution in [0.15, 0.2) is 47.3 Å². The van der Waals surface area contributed by atoms with Gasteiger partial charge in [0.25, 0.3) is 5.56 Å². The Morgan fingerprint density at radius 3 is 2.56 bits per heavy atom. The lowest BCUT2D eigenvalue weighted by molar-refractivity contribution is 0.294. The van der Waals surface area contributed by atoms with Crippen molar-refractivity contribution in [3.8, 4) is 11.8 Å². The van der Waals surface area contributed by atoms with Crippen LogP contribution in [0.3, 0.4) is 0 Å². The van der Waals surface area contributed by atoms with E-state index in [0.717, 1.165) is 43.0 Å². The molecule has 0 saturated carbocycles. The molecule has 4 rings (SSSR count). The fraction of sp³-hybridized carbons (Fsp3) is 0.273. The normalized spacial score (nSPS) is 14.3. The first kappa shape index (κ1) is 17.4. The molecule has 0 bridgehead atoms. The third-order valence-corrected chi connectivity index (χ3v) is 4.97. The summed E-state index contributed by atoms with van der Waals surface area (Å²) in [5.74, 6) is 6.65. The Morgan fingerprint density at radius 1 is 1.04 bits per heavy atom. The number of nitrogens with zero attached hydrogens (tertiary/aromatic N) is 3. The number of halogens is 1. The zero-order chi connectivity index (χ0) is 18.8. The Bertz CT molecular complexity index is 1110. The lowest BCUT2D eigenvalue weighted by Gasteiger charge is -2.15. The molecule has 0 radical (unpaired) electrons. The molecule has 0 N–H and O–H groups in total. The van der Waals surface area contributed by atoms with Crippen LogP contribution in [0.25, 0.3) is 10.9 Å². The van der Waals surface area contributed by atoms with Gasteiger partial charge in [0, 0.05) is 37.2 Å². The molecular weight excluding hydrogens is 341 g/mol. The van der Waals surface area contributed by atoms with Gasteiger partial charge in [-0.3, -0.25) is 9.36 Å². The SMILES string of the molecule is CCN1CCc2nc3cc(C#Cc4ccc(F)cc4)ccc3c(=O)n2CC1. The van der Waals surface area contributed by atoms with E-state index in [1.165, 1.54) is 12.1 Å². The molecule has 0 aliphatic carbocycles. The van der Waals surface area contributed by atoms with E-state index < -0.39 is 0 Å². The van der Waals surface area contributed by atoms with Crippen molar-refractivity contribution >= 4 is 10.9 Å². The zero-order valence-electron chi connectivity index (χ0n) is 15.2. The number of aromatic nitrogens is 2. The van der Waals surface area contributed by atoms with E-state index in [-0.39, 0.29) is 11.4 Å². The summed E-state index contributed by atoms with van der Waals surface area (Å²) in [5.41, 5.74) is 2.23. The Balaban J connectivity index is 1.71. The number of hydrogen-bond acceptors (Lipinski definition) is 3. The summed E-state index contributed by atoms with van der Waals surface area (Å²) in [6, 6.07) is 11.6. The second-order valence-electron chi connectivity index (χ2n) is 6.66. The highest BCUT2D eigenvalue weighted by atomic mass is 19.1. The third-order valence-electron chi connectivity index (χ3n) is 4.97. The van der Waals surface area contributed by atoms with Crippen molar-refractivity contribution in [2.75, 3.05) is 19.6 Å². The van der Waals surface area contributed by atoms with Crippen LogP contribution in [0.1, 0.15) is 23.9 Å². The molecule has 2 heterocycles. The maximum atomic E-state index is 13.0. The molecule has 2 aromatic carbocycles. The standard InChI is InChI=1S/C22H20FN3O/c1-2-25-12-11-21-24-20-15-17(4-3-16-5-8-18(23)9-6-16)7-10-19(20)22(27)26(21)14-13-25/h5-10,15H,2,11-14H2,1H3. The topological polar surface area (TPSA) is 38.1 Å². The third kappa shape index (κ3) is 3.62. The summed E-state index contributed by atoms with van der Waals surface area (Å²) in [4.78, 5) is 20.0. The first-order valence-electron chi connectivity index (χ1n) is 9.17. The molecule has 1 aromatic heterocycles. The van der Waals surface area contributed by atoms with Gasteiger partial charge in [0.2, 0.25) is 0 Å². The average molecular weight is 361 g/mol. The van der Waals surface area contributed by atoms with Crippen molar-refractivity contribution < 1.29 is 4.39 Å². The predicted molar refractivity (Wildman–Crippen MR) is 104 cm³/mol. The van der Waals surface area contributed by atoms with Gasteiger partial charge < -0.3 is 4.90 Å². The summed E-state index contributed by atoms with van der Waals surface area (Å²) >= 11 is 0. The van der Waals surface area contributed by atoms with Crippen molar-refractivity contribution in [2.24, 2.45) is 0 Å². The quantitative estimate of drug-likeness (QED) is 0.626. The second kappa shape index (κ2) is 7.34. The van der Waals surface area contributed by atoms with Crippen LogP contribution in [0.5, 0.6) is 0 Å². The van der Waals surface area contributed by atoms with Crippen molar-refractivity contribution in [3.63, 3.8) is 0 Å². The molecular formula is C22H20FN3O. The summed E-state index contributed by atoms with van der Waals surface area (Å²) in [6.07, 6.45) is 0.768. The van der Waals surface area contributed by atoms with Gasteiger partial charge in [-0.05, 0) is 49.0 Å². The lowest BCUT2D eigenvalue weighted by atomic mass is 10.1. The molecule has 1 aliphatic heterocycles. The maximum Gasteiger partial charge on any atom is 0.261 e. The van der Waals surface area contributed by atoms with Crippen molar-refractivity contribution in [2.45, 2.75) is 19.9 Å². The van der Waals surface area contributed by atoms with Crippen LogP contribution in [-0.2, 0) is 13.0 Å². The minimum Gasteiger partial charge on any atom is -0.301 e. The molecule has 1 aliphatic rings. The first-order valence-corrected chi connectivity index (χ1v) is 9.17. The Hall–Kier alpha value is -2.97. The number of rotatable bonds is 1. The van der Waals surface area contributed by atoms with Gasteiger partial charge in [0.1, 0.15) is 11.6 Å². The zero-order valence-corrected chi connectivity index (χ0v) is 15.2. The molecule has 0 spiro atoms. The summed E-state index contributed by atoms with van der Waals surface area (Å²) in [5, 5.41) is 0.621. The highest BCUT2D eigenvalue weighted by Crippen LogP contribution is 2.14. The van der Waals surface area contributed by atoms with Crippen molar-refractivity contribution in [1.82, 2.24) is 14.5 Å². The monoisotopic (exact) mass is 361 g/mol. The molecule has 5 heteroatoms. The van der Waals surface area contributed by atoms with E-state index >= 15 is 0 Å². The van der Waals surface area contributed by atoms with Gasteiger partial charge >= 0.3 is 0 Å². The van der Waals surface area contributed by atoms with E-state index in [1.807, 2.05) is 16.7 Å².